The summed E-state index contributed by atoms with van der Waals surface area (Å²) in [7, 11) is 0. The van der Waals surface area contributed by atoms with Crippen LogP contribution >= 0.6 is 0 Å². The van der Waals surface area contributed by atoms with Gasteiger partial charge in [0.15, 0.2) is 0 Å². The van der Waals surface area contributed by atoms with Gasteiger partial charge in [-0.2, -0.15) is 0 Å². The van der Waals surface area contributed by atoms with Gasteiger partial charge in [-0.1, -0.05) is 13.8 Å². The number of nitrogens with one attached hydrogen (secondary N) is 1. The van der Waals surface area contributed by atoms with Gasteiger partial charge in [0.25, 0.3) is 0 Å². The minimum absolute atomic E-state index is 0.0280. The fourth-order valence-corrected chi connectivity index (χ4v) is 1.10. The topological polar surface area (TPSA) is 45.4 Å². The van der Waals surface area contributed by atoms with Crippen molar-refractivity contribution in [3.8, 4) is 0 Å². The van der Waals surface area contributed by atoms with Crippen LogP contribution in [0, 0.1) is 5.92 Å². The van der Waals surface area contributed by atoms with Gasteiger partial charge in [-0.25, -0.2) is 0 Å². The van der Waals surface area contributed by atoms with Gasteiger partial charge < -0.3 is 14.8 Å². The van der Waals surface area contributed by atoms with E-state index in [9.17, 15) is 0 Å². The van der Waals surface area contributed by atoms with Gasteiger partial charge in [0.05, 0.1) is 6.54 Å². The Balaban J connectivity index is 2.37. The third-order valence-corrected chi connectivity index (χ3v) is 2.47. The predicted octanol–water partition coefficient (Wildman–Crippen LogP) is 1.91. The molecule has 3 nitrogen and oxygen atoms in total. The van der Waals surface area contributed by atoms with E-state index in [1.54, 1.807) is 6.07 Å². The number of furan rings is 1. The lowest BCUT2D eigenvalue weighted by Crippen LogP contribution is -2.29. The third kappa shape index (κ3) is 3.16. The minimum atomic E-state index is -0.0280. The van der Waals surface area contributed by atoms with Crippen LogP contribution in [0.5, 0.6) is 0 Å². The molecule has 0 radical (unpaired) electrons. The Morgan fingerprint density at radius 1 is 1.29 bits per heavy atom. The second-order valence-corrected chi connectivity index (χ2v) is 3.94. The van der Waals surface area contributed by atoms with E-state index < -0.39 is 0 Å². The van der Waals surface area contributed by atoms with Crippen molar-refractivity contribution >= 4 is 0 Å². The summed E-state index contributed by atoms with van der Waals surface area (Å²) in [6.07, 6.45) is 0. The molecule has 0 aromatic carbocycles. The van der Waals surface area contributed by atoms with E-state index in [1.165, 1.54) is 0 Å². The molecule has 1 aromatic rings. The summed E-state index contributed by atoms with van der Waals surface area (Å²) in [5.74, 6) is 2.11. The van der Waals surface area contributed by atoms with Crippen LogP contribution in [0.4, 0.5) is 0 Å². The van der Waals surface area contributed by atoms with Crippen molar-refractivity contribution in [3.63, 3.8) is 0 Å². The van der Waals surface area contributed by atoms with Crippen LogP contribution in [0.2, 0.25) is 0 Å². The van der Waals surface area contributed by atoms with Crippen LogP contribution in [0.25, 0.3) is 0 Å². The zero-order valence-corrected chi connectivity index (χ0v) is 9.08. The molecular formula is C11H19NO2. The van der Waals surface area contributed by atoms with Gasteiger partial charge in [-0.3, -0.25) is 0 Å². The monoisotopic (exact) mass is 197 g/mol. The molecule has 3 heteroatoms. The van der Waals surface area contributed by atoms with Gasteiger partial charge in [0, 0.05) is 6.04 Å². The summed E-state index contributed by atoms with van der Waals surface area (Å²) >= 11 is 0. The van der Waals surface area contributed by atoms with Crippen LogP contribution in [0.15, 0.2) is 16.5 Å². The normalized spacial score (nSPS) is 13.5. The first kappa shape index (κ1) is 11.3. The Morgan fingerprint density at radius 3 is 2.43 bits per heavy atom. The van der Waals surface area contributed by atoms with Crippen LogP contribution in [-0.4, -0.2) is 11.1 Å². The number of aliphatic hydroxyl groups is 1. The predicted molar refractivity (Wildman–Crippen MR) is 55.8 cm³/mol. The molecule has 0 spiro atoms. The summed E-state index contributed by atoms with van der Waals surface area (Å²) in [6.45, 7) is 7.21. The molecule has 0 amide bonds. The minimum Gasteiger partial charge on any atom is -0.462 e. The summed E-state index contributed by atoms with van der Waals surface area (Å²) < 4.78 is 5.35. The lowest BCUT2D eigenvalue weighted by Gasteiger charge is -2.16. The van der Waals surface area contributed by atoms with Crippen LogP contribution in [-0.2, 0) is 13.2 Å². The van der Waals surface area contributed by atoms with E-state index in [0.29, 0.717) is 17.7 Å². The molecular weight excluding hydrogens is 178 g/mol. The molecule has 0 aliphatic rings. The van der Waals surface area contributed by atoms with Crippen molar-refractivity contribution in [2.45, 2.75) is 40.0 Å². The Labute approximate surface area is 85.1 Å². The van der Waals surface area contributed by atoms with Gasteiger partial charge >= 0.3 is 0 Å². The molecule has 1 aromatic heterocycles. The highest BCUT2D eigenvalue weighted by atomic mass is 16.4. The van der Waals surface area contributed by atoms with Crippen molar-refractivity contribution in [1.82, 2.24) is 5.32 Å². The molecule has 0 aliphatic heterocycles. The van der Waals surface area contributed by atoms with E-state index in [2.05, 4.69) is 26.1 Å². The first-order valence-corrected chi connectivity index (χ1v) is 5.05. The van der Waals surface area contributed by atoms with Crippen molar-refractivity contribution in [2.24, 2.45) is 5.92 Å². The zero-order chi connectivity index (χ0) is 10.6. The Morgan fingerprint density at radius 2 is 1.93 bits per heavy atom. The van der Waals surface area contributed by atoms with E-state index in [0.717, 1.165) is 12.3 Å². The maximum Gasteiger partial charge on any atom is 0.129 e. The van der Waals surface area contributed by atoms with E-state index in [-0.39, 0.29) is 6.61 Å². The molecule has 1 rings (SSSR count). The number of hydrogen-bond donors (Lipinski definition) is 2. The van der Waals surface area contributed by atoms with Crippen molar-refractivity contribution in [1.29, 1.82) is 0 Å². The molecule has 0 saturated carbocycles. The molecule has 1 heterocycles. The largest absolute Gasteiger partial charge is 0.462 e. The van der Waals surface area contributed by atoms with Gasteiger partial charge in [-0.15, -0.1) is 0 Å². The number of aliphatic hydroxyl groups excluding tert-OH is 1. The molecule has 1 atom stereocenters. The summed E-state index contributed by atoms with van der Waals surface area (Å²) in [4.78, 5) is 0. The fraction of sp³-hybridized carbons (Fsp3) is 0.636. The van der Waals surface area contributed by atoms with Gasteiger partial charge in [-0.05, 0) is 25.0 Å². The van der Waals surface area contributed by atoms with E-state index in [4.69, 9.17) is 9.52 Å². The van der Waals surface area contributed by atoms with Crippen molar-refractivity contribution in [2.75, 3.05) is 0 Å². The molecule has 0 unspecified atom stereocenters. The van der Waals surface area contributed by atoms with Crippen LogP contribution < -0.4 is 5.32 Å². The molecule has 0 bridgehead atoms. The molecule has 0 saturated heterocycles. The lowest BCUT2D eigenvalue weighted by molar-refractivity contribution is 0.242. The average molecular weight is 197 g/mol. The molecule has 14 heavy (non-hydrogen) atoms. The number of rotatable bonds is 5. The number of hydrogen-bond acceptors (Lipinski definition) is 3. The quantitative estimate of drug-likeness (QED) is 0.758. The van der Waals surface area contributed by atoms with Gasteiger partial charge in [0.2, 0.25) is 0 Å². The summed E-state index contributed by atoms with van der Waals surface area (Å²) in [6, 6.07) is 4.17. The summed E-state index contributed by atoms with van der Waals surface area (Å²) in [5.41, 5.74) is 0. The lowest BCUT2D eigenvalue weighted by atomic mass is 10.1. The summed E-state index contributed by atoms with van der Waals surface area (Å²) in [5, 5.41) is 12.2. The maximum absolute atomic E-state index is 8.80. The van der Waals surface area contributed by atoms with Crippen LogP contribution in [0.1, 0.15) is 32.3 Å². The Hall–Kier alpha value is -0.800. The SMILES string of the molecule is CC(C)[C@H](C)NCc1ccc(CO)o1. The molecule has 2 N–H and O–H groups in total. The highest BCUT2D eigenvalue weighted by Gasteiger charge is 2.07. The Bertz CT molecular complexity index is 268. The highest BCUT2D eigenvalue weighted by molar-refractivity contribution is 5.06. The fourth-order valence-electron chi connectivity index (χ4n) is 1.10. The standard InChI is InChI=1S/C11H19NO2/c1-8(2)9(3)12-6-10-4-5-11(7-13)14-10/h4-5,8-9,12-13H,6-7H2,1-3H3/t9-/m0/s1. The second kappa shape index (κ2) is 5.17. The van der Waals surface area contributed by atoms with Crippen LogP contribution in [0.3, 0.4) is 0 Å². The zero-order valence-electron chi connectivity index (χ0n) is 9.08. The maximum atomic E-state index is 8.80. The molecule has 0 fully saturated rings. The Kier molecular flexibility index (Phi) is 4.17. The smallest absolute Gasteiger partial charge is 0.129 e. The highest BCUT2D eigenvalue weighted by Crippen LogP contribution is 2.08. The van der Waals surface area contributed by atoms with Crippen molar-refractivity contribution < 1.29 is 9.52 Å². The first-order valence-electron chi connectivity index (χ1n) is 5.05. The average Bonchev–Trinajstić information content (AvgIpc) is 2.61. The molecule has 80 valence electrons. The van der Waals surface area contributed by atoms with Crippen molar-refractivity contribution in [3.05, 3.63) is 23.7 Å². The van der Waals surface area contributed by atoms with E-state index in [1.807, 2.05) is 6.07 Å². The van der Waals surface area contributed by atoms with Gasteiger partial charge in [0.1, 0.15) is 18.1 Å². The first-order chi connectivity index (χ1) is 6.63. The second-order valence-electron chi connectivity index (χ2n) is 3.94. The third-order valence-electron chi connectivity index (χ3n) is 2.47. The molecule has 0 aliphatic carbocycles. The van der Waals surface area contributed by atoms with E-state index >= 15 is 0 Å².